The molecule has 24 heavy (non-hydrogen) atoms. The number of thiophene rings is 1. The number of carbonyl (C=O) groups excluding carboxylic acids is 1. The van der Waals surface area contributed by atoms with Gasteiger partial charge in [-0.25, -0.2) is 0 Å². The van der Waals surface area contributed by atoms with Crippen molar-refractivity contribution in [1.29, 1.82) is 5.26 Å². The molecule has 2 N–H and O–H groups in total. The quantitative estimate of drug-likeness (QED) is 0.889. The van der Waals surface area contributed by atoms with Crippen molar-refractivity contribution in [2.75, 3.05) is 18.4 Å². The summed E-state index contributed by atoms with van der Waals surface area (Å²) >= 11 is 1.59. The molecule has 1 aliphatic heterocycles. The number of fused-ring (bicyclic) bond motifs is 2. The van der Waals surface area contributed by atoms with Gasteiger partial charge in [-0.2, -0.15) is 5.26 Å². The van der Waals surface area contributed by atoms with Crippen molar-refractivity contribution >= 4 is 22.2 Å². The minimum atomic E-state index is 0.00767. The van der Waals surface area contributed by atoms with Crippen LogP contribution in [-0.4, -0.2) is 23.6 Å². The average Bonchev–Trinajstić information content (AvgIpc) is 3.25. The highest BCUT2D eigenvalue weighted by molar-refractivity contribution is 7.16. The molecule has 0 bridgehead atoms. The van der Waals surface area contributed by atoms with E-state index in [4.69, 9.17) is 0 Å². The van der Waals surface area contributed by atoms with E-state index in [0.29, 0.717) is 18.2 Å². The maximum Gasteiger partial charge on any atom is 0.280 e. The summed E-state index contributed by atoms with van der Waals surface area (Å²) in [5.74, 6) is 0.00767. The van der Waals surface area contributed by atoms with E-state index >= 15 is 0 Å². The molecule has 0 spiro atoms. The van der Waals surface area contributed by atoms with E-state index in [1.807, 2.05) is 0 Å². The average molecular weight is 341 g/mol. The third kappa shape index (κ3) is 2.54. The van der Waals surface area contributed by atoms with Gasteiger partial charge in [-0.05, 0) is 43.9 Å². The molecule has 1 amide bonds. The first-order valence-electron chi connectivity index (χ1n) is 8.51. The Kier molecular flexibility index (Phi) is 3.91. The van der Waals surface area contributed by atoms with E-state index in [9.17, 15) is 10.1 Å². The summed E-state index contributed by atoms with van der Waals surface area (Å²) in [5.41, 5.74) is 3.14. The molecule has 2 aliphatic rings. The van der Waals surface area contributed by atoms with E-state index in [1.165, 1.54) is 15.5 Å². The molecule has 0 radical (unpaired) electrons. The Bertz CT molecular complexity index is 829. The molecule has 3 heterocycles. The smallest absolute Gasteiger partial charge is 0.280 e. The van der Waals surface area contributed by atoms with Gasteiger partial charge in [0.05, 0.1) is 24.3 Å². The Morgan fingerprint density at radius 2 is 2.42 bits per heavy atom. The molecule has 6 heteroatoms. The molecular weight excluding hydrogens is 320 g/mol. The predicted molar refractivity (Wildman–Crippen MR) is 93.2 cm³/mol. The van der Waals surface area contributed by atoms with E-state index in [0.717, 1.165) is 42.9 Å². The van der Waals surface area contributed by atoms with Crippen LogP contribution in [0.4, 0.5) is 5.00 Å². The van der Waals surface area contributed by atoms with Gasteiger partial charge in [0.25, 0.3) is 5.91 Å². The molecule has 2 aromatic heterocycles. The van der Waals surface area contributed by atoms with E-state index in [2.05, 4.69) is 41.2 Å². The molecule has 4 rings (SSSR count). The van der Waals surface area contributed by atoms with Crippen LogP contribution in [0.1, 0.15) is 41.1 Å². The lowest BCUT2D eigenvalue weighted by molar-refractivity contribution is -0.926. The number of amides is 1. The fraction of sp³-hybridized carbons (Fsp3) is 0.444. The summed E-state index contributed by atoms with van der Waals surface area (Å²) in [6.07, 6.45) is 5.24. The number of hydrogen-bond donors (Lipinski definition) is 2. The van der Waals surface area contributed by atoms with Crippen molar-refractivity contribution in [3.8, 4) is 6.07 Å². The zero-order chi connectivity index (χ0) is 16.7. The summed E-state index contributed by atoms with van der Waals surface area (Å²) in [6.45, 7) is 4.52. The fourth-order valence-electron chi connectivity index (χ4n) is 3.94. The SMILES string of the molecule is C[C@@H]1c2cccn2CC[NH+]1CC(=O)Nc1sc2c(c1C#N)CCC2. The highest BCUT2D eigenvalue weighted by Crippen LogP contribution is 2.38. The van der Waals surface area contributed by atoms with Crippen LogP contribution in [-0.2, 0) is 24.2 Å². The Morgan fingerprint density at radius 3 is 3.25 bits per heavy atom. The van der Waals surface area contributed by atoms with Crippen molar-refractivity contribution in [2.24, 2.45) is 0 Å². The molecular formula is C18H21N4OS+. The van der Waals surface area contributed by atoms with Crippen LogP contribution < -0.4 is 10.2 Å². The summed E-state index contributed by atoms with van der Waals surface area (Å²) in [6, 6.07) is 6.81. The van der Waals surface area contributed by atoms with Crippen molar-refractivity contribution in [3.63, 3.8) is 0 Å². The molecule has 0 saturated carbocycles. The predicted octanol–water partition coefficient (Wildman–Crippen LogP) is 1.51. The zero-order valence-electron chi connectivity index (χ0n) is 13.8. The molecule has 5 nitrogen and oxygen atoms in total. The highest BCUT2D eigenvalue weighted by atomic mass is 32.1. The van der Waals surface area contributed by atoms with Crippen LogP contribution in [0.3, 0.4) is 0 Å². The van der Waals surface area contributed by atoms with E-state index in [-0.39, 0.29) is 5.91 Å². The number of nitrogens with one attached hydrogen (secondary N) is 2. The molecule has 124 valence electrons. The second-order valence-electron chi connectivity index (χ2n) is 6.65. The number of nitriles is 1. The number of quaternary nitrogens is 1. The van der Waals surface area contributed by atoms with Gasteiger partial charge in [-0.3, -0.25) is 4.79 Å². The van der Waals surface area contributed by atoms with Crippen LogP contribution in [0.25, 0.3) is 0 Å². The van der Waals surface area contributed by atoms with Gasteiger partial charge in [0.2, 0.25) is 0 Å². The van der Waals surface area contributed by atoms with Crippen LogP contribution in [0.2, 0.25) is 0 Å². The second kappa shape index (κ2) is 6.08. The van der Waals surface area contributed by atoms with Gasteiger partial charge in [0.15, 0.2) is 6.54 Å². The zero-order valence-corrected chi connectivity index (χ0v) is 14.6. The van der Waals surface area contributed by atoms with Crippen LogP contribution in [0, 0.1) is 11.3 Å². The molecule has 1 aliphatic carbocycles. The molecule has 0 aromatic carbocycles. The number of hydrogen-bond acceptors (Lipinski definition) is 3. The van der Waals surface area contributed by atoms with Crippen molar-refractivity contribution < 1.29 is 9.69 Å². The van der Waals surface area contributed by atoms with Gasteiger partial charge in [-0.1, -0.05) is 0 Å². The number of nitrogens with zero attached hydrogens (tertiary/aromatic N) is 2. The minimum Gasteiger partial charge on any atom is -0.341 e. The topological polar surface area (TPSA) is 62.3 Å². The van der Waals surface area contributed by atoms with Crippen LogP contribution in [0.5, 0.6) is 0 Å². The van der Waals surface area contributed by atoms with Gasteiger partial charge < -0.3 is 14.8 Å². The van der Waals surface area contributed by atoms with Crippen molar-refractivity contribution in [3.05, 3.63) is 40.0 Å². The standard InChI is InChI=1S/C18H20N4OS/c1-12-15-5-3-7-21(15)8-9-22(12)11-17(23)20-18-14(10-19)13-4-2-6-16(13)24-18/h3,5,7,12H,2,4,6,8-9,11H2,1H3,(H,20,23)/p+1/t12-/m1/s1. The molecule has 2 aromatic rings. The summed E-state index contributed by atoms with van der Waals surface area (Å²) in [4.78, 5) is 15.1. The lowest BCUT2D eigenvalue weighted by Crippen LogP contribution is -3.14. The third-order valence-electron chi connectivity index (χ3n) is 5.27. The second-order valence-corrected chi connectivity index (χ2v) is 7.76. The Balaban J connectivity index is 1.46. The first-order valence-corrected chi connectivity index (χ1v) is 9.33. The normalized spacial score (nSPS) is 21.8. The highest BCUT2D eigenvalue weighted by Gasteiger charge is 2.29. The van der Waals surface area contributed by atoms with E-state index in [1.54, 1.807) is 11.3 Å². The van der Waals surface area contributed by atoms with Crippen LogP contribution >= 0.6 is 11.3 Å². The van der Waals surface area contributed by atoms with Gasteiger partial charge in [0.1, 0.15) is 17.1 Å². The number of rotatable bonds is 3. The maximum absolute atomic E-state index is 12.5. The maximum atomic E-state index is 12.5. The lowest BCUT2D eigenvalue weighted by atomic mass is 10.1. The van der Waals surface area contributed by atoms with Gasteiger partial charge in [0, 0.05) is 11.1 Å². The summed E-state index contributed by atoms with van der Waals surface area (Å²) < 4.78 is 2.27. The Morgan fingerprint density at radius 1 is 1.54 bits per heavy atom. The summed E-state index contributed by atoms with van der Waals surface area (Å²) in [5, 5.41) is 13.2. The number of anilines is 1. The molecule has 2 atom stereocenters. The monoisotopic (exact) mass is 341 g/mol. The number of aromatic nitrogens is 1. The Hall–Kier alpha value is -2.10. The lowest BCUT2D eigenvalue weighted by Gasteiger charge is -2.31. The summed E-state index contributed by atoms with van der Waals surface area (Å²) in [7, 11) is 0. The van der Waals surface area contributed by atoms with Crippen molar-refractivity contribution in [2.45, 2.75) is 38.8 Å². The number of carbonyl (C=O) groups is 1. The molecule has 0 fully saturated rings. The molecule has 0 saturated heterocycles. The largest absolute Gasteiger partial charge is 0.341 e. The first-order chi connectivity index (χ1) is 11.7. The third-order valence-corrected chi connectivity index (χ3v) is 6.48. The van der Waals surface area contributed by atoms with Crippen LogP contribution in [0.15, 0.2) is 18.3 Å². The molecule has 1 unspecified atom stereocenters. The minimum absolute atomic E-state index is 0.00767. The van der Waals surface area contributed by atoms with Gasteiger partial charge >= 0.3 is 0 Å². The van der Waals surface area contributed by atoms with E-state index < -0.39 is 0 Å². The fourth-order valence-corrected chi connectivity index (χ4v) is 5.20. The van der Waals surface area contributed by atoms with Crippen molar-refractivity contribution in [1.82, 2.24) is 4.57 Å². The van der Waals surface area contributed by atoms with Gasteiger partial charge in [-0.15, -0.1) is 11.3 Å². The Labute approximate surface area is 145 Å². The number of aryl methyl sites for hydroxylation is 1. The first kappa shape index (κ1) is 15.4.